The predicted octanol–water partition coefficient (Wildman–Crippen LogP) is 4.39. The Hall–Kier alpha value is -3.60. The average molecular weight is 398 g/mol. The third kappa shape index (κ3) is 3.92. The van der Waals surface area contributed by atoms with E-state index in [-0.39, 0.29) is 24.0 Å². The van der Waals surface area contributed by atoms with E-state index < -0.39 is 0 Å². The fourth-order valence-electron chi connectivity index (χ4n) is 3.73. The van der Waals surface area contributed by atoms with Crippen LogP contribution in [0.2, 0.25) is 0 Å². The van der Waals surface area contributed by atoms with Gasteiger partial charge in [0.1, 0.15) is 0 Å². The lowest BCUT2D eigenvalue weighted by Gasteiger charge is -2.14. The van der Waals surface area contributed by atoms with Gasteiger partial charge in [0.25, 0.3) is 0 Å². The molecule has 150 valence electrons. The molecule has 0 saturated carbocycles. The third-order valence-corrected chi connectivity index (χ3v) is 5.37. The number of ketones is 1. The van der Waals surface area contributed by atoms with Crippen molar-refractivity contribution in [3.05, 3.63) is 83.7 Å². The van der Waals surface area contributed by atoms with Crippen molar-refractivity contribution in [1.82, 2.24) is 4.98 Å². The van der Waals surface area contributed by atoms with Gasteiger partial charge in [-0.2, -0.15) is 0 Å². The van der Waals surface area contributed by atoms with Crippen LogP contribution >= 0.6 is 0 Å². The molecular weight excluding hydrogens is 376 g/mol. The van der Waals surface area contributed by atoms with E-state index in [1.807, 2.05) is 54.6 Å². The average Bonchev–Trinajstić information content (AvgIpc) is 3.12. The summed E-state index contributed by atoms with van der Waals surface area (Å²) in [5.74, 6) is -0.261. The van der Waals surface area contributed by atoms with Crippen molar-refractivity contribution in [2.24, 2.45) is 0 Å². The van der Waals surface area contributed by atoms with Crippen LogP contribution in [0.5, 0.6) is 0 Å². The van der Waals surface area contributed by atoms with E-state index in [0.717, 1.165) is 22.3 Å². The highest BCUT2D eigenvalue weighted by molar-refractivity contribution is 6.19. The minimum absolute atomic E-state index is 0.0960. The summed E-state index contributed by atoms with van der Waals surface area (Å²) in [6.45, 7) is 1.75. The van der Waals surface area contributed by atoms with E-state index in [4.69, 9.17) is 0 Å². The minimum atomic E-state index is -0.180. The molecule has 2 amide bonds. The normalized spacial score (nSPS) is 12.7. The number of aryl methyl sites for hydroxylation is 1. The minimum Gasteiger partial charge on any atom is -0.294 e. The maximum atomic E-state index is 12.5. The summed E-state index contributed by atoms with van der Waals surface area (Å²) >= 11 is 0. The molecule has 0 spiro atoms. The van der Waals surface area contributed by atoms with E-state index in [2.05, 4.69) is 4.98 Å². The van der Waals surface area contributed by atoms with Gasteiger partial charge >= 0.3 is 0 Å². The lowest BCUT2D eigenvalue weighted by molar-refractivity contribution is -0.125. The summed E-state index contributed by atoms with van der Waals surface area (Å²) in [5, 5.41) is 0. The molecule has 30 heavy (non-hydrogen) atoms. The van der Waals surface area contributed by atoms with Gasteiger partial charge in [-0.05, 0) is 46.9 Å². The zero-order valence-electron chi connectivity index (χ0n) is 16.8. The van der Waals surface area contributed by atoms with Gasteiger partial charge in [0.15, 0.2) is 5.78 Å². The number of aromatic nitrogens is 1. The molecule has 0 atom stereocenters. The van der Waals surface area contributed by atoms with Crippen molar-refractivity contribution in [2.75, 3.05) is 4.90 Å². The summed E-state index contributed by atoms with van der Waals surface area (Å²) in [6, 6.07) is 17.1. The Kier molecular flexibility index (Phi) is 5.53. The van der Waals surface area contributed by atoms with Crippen molar-refractivity contribution in [3.8, 4) is 11.1 Å². The molecule has 3 aromatic rings. The quantitative estimate of drug-likeness (QED) is 0.578. The first kappa shape index (κ1) is 19.7. The van der Waals surface area contributed by atoms with Crippen LogP contribution in [0.4, 0.5) is 5.69 Å². The molecule has 1 aliphatic heterocycles. The molecule has 4 rings (SSSR count). The predicted molar refractivity (Wildman–Crippen MR) is 115 cm³/mol. The second kappa shape index (κ2) is 8.41. The number of carbonyl (C=O) groups excluding carboxylic acids is 3. The number of hydrogen-bond donors (Lipinski definition) is 0. The molecule has 5 nitrogen and oxygen atoms in total. The molecule has 0 N–H and O–H groups in total. The summed E-state index contributed by atoms with van der Waals surface area (Å²) in [6.07, 6.45) is 5.14. The molecule has 0 aliphatic carbocycles. The highest BCUT2D eigenvalue weighted by Gasteiger charge is 2.31. The second-order valence-corrected chi connectivity index (χ2v) is 7.36. The molecule has 0 radical (unpaired) electrons. The van der Waals surface area contributed by atoms with Crippen molar-refractivity contribution >= 4 is 23.3 Å². The van der Waals surface area contributed by atoms with E-state index in [9.17, 15) is 14.4 Å². The zero-order valence-corrected chi connectivity index (χ0v) is 16.8. The number of carbonyl (C=O) groups is 3. The number of amides is 2. The van der Waals surface area contributed by atoms with Crippen LogP contribution in [-0.2, 0) is 22.4 Å². The van der Waals surface area contributed by atoms with Crippen LogP contribution in [0.15, 0.2) is 67.0 Å². The first-order valence-corrected chi connectivity index (χ1v) is 10.1. The molecular formula is C25H22N2O3. The van der Waals surface area contributed by atoms with E-state index in [1.165, 1.54) is 4.90 Å². The van der Waals surface area contributed by atoms with Crippen LogP contribution in [0, 0.1) is 0 Å². The largest absolute Gasteiger partial charge is 0.294 e. The molecule has 0 bridgehead atoms. The number of fused-ring (bicyclic) bond motifs is 1. The highest BCUT2D eigenvalue weighted by Crippen LogP contribution is 2.33. The standard InChI is InChI=1S/C25H22N2O3/c1-2-24(29)27-22-11-10-20(14-21(22)15-25(27)30)18-6-8-19(9-7-18)23(28)12-5-17-4-3-13-26-16-17/h3-4,6-11,13-14,16H,2,5,12,15H2,1H3. The third-order valence-electron chi connectivity index (χ3n) is 5.37. The van der Waals surface area contributed by atoms with Gasteiger partial charge in [0, 0.05) is 30.8 Å². The summed E-state index contributed by atoms with van der Waals surface area (Å²) in [4.78, 5) is 42.1. The summed E-state index contributed by atoms with van der Waals surface area (Å²) < 4.78 is 0. The van der Waals surface area contributed by atoms with Crippen molar-refractivity contribution in [1.29, 1.82) is 0 Å². The molecule has 0 fully saturated rings. The first-order valence-electron chi connectivity index (χ1n) is 10.1. The Morgan fingerprint density at radius 2 is 1.80 bits per heavy atom. The zero-order chi connectivity index (χ0) is 21.1. The number of anilines is 1. The molecule has 1 aromatic heterocycles. The Bertz CT molecular complexity index is 1100. The van der Waals surface area contributed by atoms with E-state index >= 15 is 0 Å². The van der Waals surface area contributed by atoms with Crippen LogP contribution < -0.4 is 4.90 Å². The molecule has 0 unspecified atom stereocenters. The second-order valence-electron chi connectivity index (χ2n) is 7.36. The maximum absolute atomic E-state index is 12.5. The lowest BCUT2D eigenvalue weighted by Crippen LogP contribution is -2.32. The molecule has 2 heterocycles. The van der Waals surface area contributed by atoms with Gasteiger partial charge in [-0.1, -0.05) is 43.3 Å². The molecule has 2 aromatic carbocycles. The number of Topliss-reactive ketones (excluding diaryl/α,β-unsaturated/α-hetero) is 1. The smallest absolute Gasteiger partial charge is 0.238 e. The van der Waals surface area contributed by atoms with Gasteiger partial charge in [-0.3, -0.25) is 24.3 Å². The van der Waals surface area contributed by atoms with Gasteiger partial charge in [0.2, 0.25) is 11.8 Å². The van der Waals surface area contributed by atoms with Crippen LogP contribution in [0.1, 0.15) is 41.3 Å². The fourth-order valence-corrected chi connectivity index (χ4v) is 3.73. The number of hydrogen-bond acceptors (Lipinski definition) is 4. The maximum Gasteiger partial charge on any atom is 0.238 e. The van der Waals surface area contributed by atoms with E-state index in [1.54, 1.807) is 19.3 Å². The molecule has 1 aliphatic rings. The number of imide groups is 1. The van der Waals surface area contributed by atoms with Crippen LogP contribution in [-0.4, -0.2) is 22.6 Å². The number of nitrogens with zero attached hydrogens (tertiary/aromatic N) is 2. The summed E-state index contributed by atoms with van der Waals surface area (Å²) in [7, 11) is 0. The molecule has 0 saturated heterocycles. The Balaban J connectivity index is 1.48. The summed E-state index contributed by atoms with van der Waals surface area (Å²) in [5.41, 5.74) is 5.19. The van der Waals surface area contributed by atoms with Crippen molar-refractivity contribution < 1.29 is 14.4 Å². The monoisotopic (exact) mass is 398 g/mol. The Labute approximate surface area is 175 Å². The van der Waals surface area contributed by atoms with Gasteiger partial charge in [-0.25, -0.2) is 0 Å². The fraction of sp³-hybridized carbons (Fsp3) is 0.200. The van der Waals surface area contributed by atoms with Crippen molar-refractivity contribution in [2.45, 2.75) is 32.6 Å². The lowest BCUT2D eigenvalue weighted by atomic mass is 9.98. The number of pyridine rings is 1. The Morgan fingerprint density at radius 3 is 2.50 bits per heavy atom. The van der Waals surface area contributed by atoms with Crippen molar-refractivity contribution in [3.63, 3.8) is 0 Å². The number of benzene rings is 2. The van der Waals surface area contributed by atoms with Crippen LogP contribution in [0.3, 0.4) is 0 Å². The number of rotatable bonds is 6. The SMILES string of the molecule is CCC(=O)N1C(=O)Cc2cc(-c3ccc(C(=O)CCc4cccnc4)cc3)ccc21. The Morgan fingerprint density at radius 1 is 1.03 bits per heavy atom. The van der Waals surface area contributed by atoms with Gasteiger partial charge in [-0.15, -0.1) is 0 Å². The van der Waals surface area contributed by atoms with Gasteiger partial charge < -0.3 is 0 Å². The first-order chi connectivity index (χ1) is 14.6. The topological polar surface area (TPSA) is 67.3 Å². The molecule has 5 heteroatoms. The van der Waals surface area contributed by atoms with E-state index in [0.29, 0.717) is 30.5 Å². The van der Waals surface area contributed by atoms with Gasteiger partial charge in [0.05, 0.1) is 12.1 Å². The van der Waals surface area contributed by atoms with Crippen LogP contribution in [0.25, 0.3) is 11.1 Å². The highest BCUT2D eigenvalue weighted by atomic mass is 16.2.